The lowest BCUT2D eigenvalue weighted by Gasteiger charge is -2.38. The quantitative estimate of drug-likeness (QED) is 0.850. The van der Waals surface area contributed by atoms with Crippen molar-refractivity contribution in [2.45, 2.75) is 57.6 Å². The predicted molar refractivity (Wildman–Crippen MR) is 78.5 cm³/mol. The molecule has 0 atom stereocenters. The van der Waals surface area contributed by atoms with Gasteiger partial charge in [-0.25, -0.2) is 9.97 Å². The molecule has 110 valence electrons. The van der Waals surface area contributed by atoms with Crippen LogP contribution < -0.4 is 0 Å². The number of rotatable bonds is 3. The molecule has 2 aliphatic rings. The predicted octanol–water partition coefficient (Wildman–Crippen LogP) is 2.75. The van der Waals surface area contributed by atoms with Gasteiger partial charge in [0.05, 0.1) is 11.3 Å². The number of nitrogens with zero attached hydrogens (tertiary/aromatic N) is 3. The average molecular weight is 275 g/mol. The Balaban J connectivity index is 1.58. The van der Waals surface area contributed by atoms with Crippen molar-refractivity contribution in [3.8, 4) is 0 Å². The van der Waals surface area contributed by atoms with Crippen molar-refractivity contribution in [1.82, 2.24) is 14.9 Å². The summed E-state index contributed by atoms with van der Waals surface area (Å²) >= 11 is 0. The number of aromatic nitrogens is 2. The van der Waals surface area contributed by atoms with E-state index in [9.17, 15) is 0 Å². The Labute approximate surface area is 121 Å². The van der Waals surface area contributed by atoms with E-state index in [1.807, 2.05) is 12.3 Å². The van der Waals surface area contributed by atoms with Gasteiger partial charge in [-0.1, -0.05) is 13.8 Å². The molecule has 3 rings (SSSR count). The molecule has 4 heteroatoms. The molecule has 2 saturated heterocycles. The minimum atomic E-state index is 0.214. The van der Waals surface area contributed by atoms with E-state index in [-0.39, 0.29) is 5.60 Å². The summed E-state index contributed by atoms with van der Waals surface area (Å²) in [6.07, 6.45) is 6.74. The zero-order valence-corrected chi connectivity index (χ0v) is 12.6. The van der Waals surface area contributed by atoms with E-state index in [1.54, 1.807) is 0 Å². The molecule has 0 aliphatic carbocycles. The highest BCUT2D eigenvalue weighted by Gasteiger charge is 2.38. The van der Waals surface area contributed by atoms with Crippen LogP contribution in [0.25, 0.3) is 0 Å². The van der Waals surface area contributed by atoms with Crippen molar-refractivity contribution < 1.29 is 4.74 Å². The van der Waals surface area contributed by atoms with Gasteiger partial charge in [0.15, 0.2) is 0 Å². The first-order valence-electron chi connectivity index (χ1n) is 7.85. The van der Waals surface area contributed by atoms with Crippen molar-refractivity contribution in [3.63, 3.8) is 0 Å². The zero-order chi connectivity index (χ0) is 14.0. The first kappa shape index (κ1) is 14.0. The van der Waals surface area contributed by atoms with Crippen LogP contribution in [0.3, 0.4) is 0 Å². The van der Waals surface area contributed by atoms with Crippen molar-refractivity contribution in [2.24, 2.45) is 0 Å². The summed E-state index contributed by atoms with van der Waals surface area (Å²) in [4.78, 5) is 11.5. The second-order valence-electron chi connectivity index (χ2n) is 6.47. The van der Waals surface area contributed by atoms with E-state index in [1.165, 1.54) is 25.7 Å². The number of likely N-dealkylation sites (tertiary alicyclic amines) is 1. The fourth-order valence-corrected chi connectivity index (χ4v) is 3.28. The Hall–Kier alpha value is -1.00. The average Bonchev–Trinajstić information content (AvgIpc) is 2.90. The monoisotopic (exact) mass is 275 g/mol. The second kappa shape index (κ2) is 5.78. The highest BCUT2D eigenvalue weighted by Crippen LogP contribution is 2.35. The molecule has 0 aromatic carbocycles. The molecule has 0 bridgehead atoms. The Morgan fingerprint density at radius 1 is 1.30 bits per heavy atom. The molecule has 0 unspecified atom stereocenters. The molecule has 0 amide bonds. The van der Waals surface area contributed by atoms with Gasteiger partial charge in [0.25, 0.3) is 0 Å². The molecule has 0 saturated carbocycles. The minimum Gasteiger partial charge on any atom is -0.375 e. The SMILES string of the molecule is CC(C)c1nccc(CN2CCC3(CCCO3)CC2)n1. The van der Waals surface area contributed by atoms with Gasteiger partial charge < -0.3 is 4.74 Å². The lowest BCUT2D eigenvalue weighted by molar-refractivity contribution is -0.0449. The number of ether oxygens (including phenoxy) is 1. The smallest absolute Gasteiger partial charge is 0.131 e. The maximum absolute atomic E-state index is 5.98. The van der Waals surface area contributed by atoms with Gasteiger partial charge in [0, 0.05) is 38.4 Å². The van der Waals surface area contributed by atoms with E-state index in [4.69, 9.17) is 4.74 Å². The first-order chi connectivity index (χ1) is 9.67. The zero-order valence-electron chi connectivity index (χ0n) is 12.6. The molecule has 4 nitrogen and oxygen atoms in total. The Bertz CT molecular complexity index is 445. The lowest BCUT2D eigenvalue weighted by Crippen LogP contribution is -2.43. The Kier molecular flexibility index (Phi) is 4.03. The van der Waals surface area contributed by atoms with Crippen LogP contribution in [0, 0.1) is 0 Å². The van der Waals surface area contributed by atoms with Gasteiger partial charge >= 0.3 is 0 Å². The van der Waals surface area contributed by atoms with E-state index in [0.29, 0.717) is 5.92 Å². The third-order valence-corrected chi connectivity index (χ3v) is 4.59. The van der Waals surface area contributed by atoms with Gasteiger partial charge in [0.1, 0.15) is 5.82 Å². The topological polar surface area (TPSA) is 38.2 Å². The van der Waals surface area contributed by atoms with Gasteiger partial charge in [-0.3, -0.25) is 4.90 Å². The van der Waals surface area contributed by atoms with Gasteiger partial charge in [-0.15, -0.1) is 0 Å². The minimum absolute atomic E-state index is 0.214. The van der Waals surface area contributed by atoms with Crippen LogP contribution in [0.15, 0.2) is 12.3 Å². The van der Waals surface area contributed by atoms with Crippen LogP contribution in [-0.2, 0) is 11.3 Å². The van der Waals surface area contributed by atoms with E-state index in [2.05, 4.69) is 28.7 Å². The lowest BCUT2D eigenvalue weighted by atomic mass is 9.88. The van der Waals surface area contributed by atoms with E-state index in [0.717, 1.165) is 37.8 Å². The number of hydrogen-bond donors (Lipinski definition) is 0. The fourth-order valence-electron chi connectivity index (χ4n) is 3.28. The molecule has 0 radical (unpaired) electrons. The molecular weight excluding hydrogens is 250 g/mol. The molecule has 2 fully saturated rings. The highest BCUT2D eigenvalue weighted by molar-refractivity contribution is 5.05. The van der Waals surface area contributed by atoms with Crippen molar-refractivity contribution in [2.75, 3.05) is 19.7 Å². The van der Waals surface area contributed by atoms with Crippen molar-refractivity contribution >= 4 is 0 Å². The van der Waals surface area contributed by atoms with Crippen LogP contribution in [0.1, 0.15) is 57.0 Å². The fraction of sp³-hybridized carbons (Fsp3) is 0.750. The van der Waals surface area contributed by atoms with E-state index >= 15 is 0 Å². The Morgan fingerprint density at radius 3 is 2.75 bits per heavy atom. The van der Waals surface area contributed by atoms with Gasteiger partial charge in [-0.2, -0.15) is 0 Å². The molecule has 1 aromatic heterocycles. The van der Waals surface area contributed by atoms with Gasteiger partial charge in [-0.05, 0) is 31.7 Å². The van der Waals surface area contributed by atoms with Crippen LogP contribution in [0.5, 0.6) is 0 Å². The van der Waals surface area contributed by atoms with Crippen molar-refractivity contribution in [3.05, 3.63) is 23.8 Å². The Morgan fingerprint density at radius 2 is 2.10 bits per heavy atom. The largest absolute Gasteiger partial charge is 0.375 e. The molecule has 2 aliphatic heterocycles. The van der Waals surface area contributed by atoms with E-state index < -0.39 is 0 Å². The van der Waals surface area contributed by atoms with Crippen LogP contribution in [0.2, 0.25) is 0 Å². The maximum Gasteiger partial charge on any atom is 0.131 e. The molecule has 0 N–H and O–H groups in total. The summed E-state index contributed by atoms with van der Waals surface area (Å²) in [6.45, 7) is 8.44. The molecule has 20 heavy (non-hydrogen) atoms. The second-order valence-corrected chi connectivity index (χ2v) is 6.47. The standard InChI is InChI=1S/C16H25N3O/c1-13(2)15-17-8-4-14(18-15)12-19-9-6-16(7-10-19)5-3-11-20-16/h4,8,13H,3,5-7,9-12H2,1-2H3. The third-order valence-electron chi connectivity index (χ3n) is 4.59. The van der Waals surface area contributed by atoms with Crippen molar-refractivity contribution in [1.29, 1.82) is 0 Å². The molecule has 3 heterocycles. The molecule has 1 aromatic rings. The number of piperidine rings is 1. The summed E-state index contributed by atoms with van der Waals surface area (Å²) < 4.78 is 5.98. The van der Waals surface area contributed by atoms with Crippen LogP contribution in [-0.4, -0.2) is 40.2 Å². The molecule has 1 spiro atoms. The van der Waals surface area contributed by atoms with Gasteiger partial charge in [0.2, 0.25) is 0 Å². The first-order valence-corrected chi connectivity index (χ1v) is 7.85. The highest BCUT2D eigenvalue weighted by atomic mass is 16.5. The van der Waals surface area contributed by atoms with Crippen LogP contribution >= 0.6 is 0 Å². The summed E-state index contributed by atoms with van der Waals surface area (Å²) in [6, 6.07) is 2.04. The van der Waals surface area contributed by atoms with Crippen LogP contribution in [0.4, 0.5) is 0 Å². The summed E-state index contributed by atoms with van der Waals surface area (Å²) in [5.41, 5.74) is 1.36. The number of hydrogen-bond acceptors (Lipinski definition) is 4. The third kappa shape index (κ3) is 3.01. The summed E-state index contributed by atoms with van der Waals surface area (Å²) in [7, 11) is 0. The normalized spacial score (nSPS) is 22.8. The summed E-state index contributed by atoms with van der Waals surface area (Å²) in [5, 5.41) is 0. The maximum atomic E-state index is 5.98. The molecular formula is C16H25N3O. The summed E-state index contributed by atoms with van der Waals surface area (Å²) in [5.74, 6) is 1.35.